The second kappa shape index (κ2) is 9.12. The number of benzene rings is 2. The van der Waals surface area contributed by atoms with Crippen LogP contribution in [0.2, 0.25) is 0 Å². The monoisotopic (exact) mass is 462 g/mol. The van der Waals surface area contributed by atoms with Crippen molar-refractivity contribution in [1.82, 2.24) is 19.1 Å². The minimum atomic E-state index is -0.659. The molecule has 4 aromatic rings. The van der Waals surface area contributed by atoms with Crippen LogP contribution >= 0.6 is 0 Å². The summed E-state index contributed by atoms with van der Waals surface area (Å²) in [5, 5.41) is 0. The van der Waals surface area contributed by atoms with Crippen molar-refractivity contribution in [3.8, 4) is 0 Å². The highest BCUT2D eigenvalue weighted by Crippen LogP contribution is 2.29. The van der Waals surface area contributed by atoms with E-state index in [0.29, 0.717) is 13.1 Å². The maximum atomic E-state index is 13.0. The fraction of sp³-hybridized carbons (Fsp3) is 0.444. The van der Waals surface area contributed by atoms with Gasteiger partial charge in [-0.3, -0.25) is 0 Å². The van der Waals surface area contributed by atoms with Gasteiger partial charge in [-0.05, 0) is 24.3 Å². The number of rotatable bonds is 6. The molecule has 0 spiro atoms. The standard InChI is InChI=1S/C27H34N4O3/c1-26(2,3)23(15-30-17-28-19-11-7-9-13-21(19)30)33-25(32)34-24(27(4,5)6)16-31-18-29-20-12-8-10-14-22(20)31/h7-14,17-18,23-24H,15-16H2,1-6H3/t23-,24-/m1/s1. The molecule has 0 amide bonds. The molecule has 0 fully saturated rings. The summed E-state index contributed by atoms with van der Waals surface area (Å²) in [7, 11) is 0. The van der Waals surface area contributed by atoms with Crippen molar-refractivity contribution in [1.29, 1.82) is 0 Å². The smallest absolute Gasteiger partial charge is 0.429 e. The fourth-order valence-corrected chi connectivity index (χ4v) is 3.90. The van der Waals surface area contributed by atoms with Gasteiger partial charge in [0.15, 0.2) is 0 Å². The second-order valence-corrected chi connectivity index (χ2v) is 11.0. The second-order valence-electron chi connectivity index (χ2n) is 11.0. The summed E-state index contributed by atoms with van der Waals surface area (Å²) >= 11 is 0. The van der Waals surface area contributed by atoms with E-state index in [1.807, 2.05) is 57.7 Å². The van der Waals surface area contributed by atoms with Gasteiger partial charge in [0.05, 0.1) is 47.8 Å². The first-order valence-electron chi connectivity index (χ1n) is 11.7. The molecule has 0 saturated carbocycles. The lowest BCUT2D eigenvalue weighted by Crippen LogP contribution is -2.40. The van der Waals surface area contributed by atoms with Crippen molar-refractivity contribution in [3.63, 3.8) is 0 Å². The SMILES string of the molecule is CC(C)(C)[C@@H](Cn1cnc2ccccc21)OC(=O)O[C@H](Cn1cnc2ccccc21)C(C)(C)C. The van der Waals surface area contributed by atoms with Crippen LogP contribution in [-0.2, 0) is 22.6 Å². The molecule has 0 aliphatic carbocycles. The zero-order chi connectivity index (χ0) is 24.5. The van der Waals surface area contributed by atoms with E-state index in [1.54, 1.807) is 12.7 Å². The number of ether oxygens (including phenoxy) is 2. The van der Waals surface area contributed by atoms with Gasteiger partial charge < -0.3 is 18.6 Å². The Hall–Kier alpha value is -3.35. The number of imidazole rings is 2. The summed E-state index contributed by atoms with van der Waals surface area (Å²) in [6, 6.07) is 15.9. The number of hydrogen-bond donors (Lipinski definition) is 0. The van der Waals surface area contributed by atoms with Crippen LogP contribution in [0.4, 0.5) is 4.79 Å². The van der Waals surface area contributed by atoms with Crippen LogP contribution in [-0.4, -0.2) is 37.5 Å². The summed E-state index contributed by atoms with van der Waals surface area (Å²) in [6.07, 6.45) is 2.13. The van der Waals surface area contributed by atoms with Crippen molar-refractivity contribution in [2.75, 3.05) is 0 Å². The van der Waals surface area contributed by atoms with Gasteiger partial charge in [0, 0.05) is 10.8 Å². The minimum Gasteiger partial charge on any atom is -0.429 e. The number of hydrogen-bond acceptors (Lipinski definition) is 5. The topological polar surface area (TPSA) is 71.2 Å². The Morgan fingerprint density at radius 1 is 0.735 bits per heavy atom. The van der Waals surface area contributed by atoms with Crippen molar-refractivity contribution in [2.45, 2.75) is 66.8 Å². The van der Waals surface area contributed by atoms with Gasteiger partial charge in [-0.1, -0.05) is 65.8 Å². The van der Waals surface area contributed by atoms with Gasteiger partial charge >= 0.3 is 6.16 Å². The fourth-order valence-electron chi connectivity index (χ4n) is 3.90. The molecule has 0 aliphatic heterocycles. The predicted molar refractivity (Wildman–Crippen MR) is 134 cm³/mol. The lowest BCUT2D eigenvalue weighted by Gasteiger charge is -2.33. The van der Waals surface area contributed by atoms with Crippen LogP contribution in [0.15, 0.2) is 61.2 Å². The Labute approximate surface area is 200 Å². The van der Waals surface area contributed by atoms with E-state index in [4.69, 9.17) is 9.47 Å². The van der Waals surface area contributed by atoms with E-state index in [-0.39, 0.29) is 10.8 Å². The van der Waals surface area contributed by atoms with E-state index in [0.717, 1.165) is 22.1 Å². The van der Waals surface area contributed by atoms with Gasteiger partial charge in [-0.2, -0.15) is 0 Å². The minimum absolute atomic E-state index is 0.290. The first kappa shape index (κ1) is 23.8. The van der Waals surface area contributed by atoms with Crippen molar-refractivity contribution >= 4 is 28.2 Å². The van der Waals surface area contributed by atoms with Crippen LogP contribution < -0.4 is 0 Å². The third-order valence-electron chi connectivity index (χ3n) is 6.19. The number of carbonyl (C=O) groups excluding carboxylic acids is 1. The molecule has 0 bridgehead atoms. The molecule has 2 aromatic carbocycles. The molecule has 180 valence electrons. The molecule has 7 heteroatoms. The summed E-state index contributed by atoms with van der Waals surface area (Å²) < 4.78 is 15.9. The number of para-hydroxylation sites is 4. The lowest BCUT2D eigenvalue weighted by atomic mass is 9.88. The van der Waals surface area contributed by atoms with Crippen LogP contribution in [0.25, 0.3) is 22.1 Å². The molecule has 2 aromatic heterocycles. The largest absolute Gasteiger partial charge is 0.508 e. The quantitative estimate of drug-likeness (QED) is 0.325. The van der Waals surface area contributed by atoms with E-state index < -0.39 is 18.4 Å². The summed E-state index contributed by atoms with van der Waals surface area (Å²) in [5.41, 5.74) is 3.27. The molecule has 34 heavy (non-hydrogen) atoms. The first-order chi connectivity index (χ1) is 16.0. The average molecular weight is 463 g/mol. The maximum Gasteiger partial charge on any atom is 0.508 e. The molecule has 0 N–H and O–H groups in total. The van der Waals surface area contributed by atoms with E-state index in [1.165, 1.54) is 0 Å². The highest BCUT2D eigenvalue weighted by molar-refractivity contribution is 5.75. The molecule has 2 atom stereocenters. The molecule has 0 unspecified atom stereocenters. The van der Waals surface area contributed by atoms with Crippen LogP contribution in [0.5, 0.6) is 0 Å². The molecule has 0 radical (unpaired) electrons. The van der Waals surface area contributed by atoms with Crippen LogP contribution in [0.1, 0.15) is 41.5 Å². The Morgan fingerprint density at radius 3 is 1.50 bits per heavy atom. The summed E-state index contributed by atoms with van der Waals surface area (Å²) in [5.74, 6) is 0. The van der Waals surface area contributed by atoms with E-state index in [9.17, 15) is 4.79 Å². The molecule has 0 aliphatic rings. The van der Waals surface area contributed by atoms with Gasteiger partial charge in [-0.15, -0.1) is 0 Å². The molecule has 0 saturated heterocycles. The third kappa shape index (κ3) is 5.24. The van der Waals surface area contributed by atoms with Gasteiger partial charge in [0.2, 0.25) is 0 Å². The zero-order valence-corrected chi connectivity index (χ0v) is 20.9. The van der Waals surface area contributed by atoms with Crippen molar-refractivity contribution in [2.24, 2.45) is 10.8 Å². The van der Waals surface area contributed by atoms with E-state index in [2.05, 4.69) is 51.5 Å². The highest BCUT2D eigenvalue weighted by Gasteiger charge is 2.34. The third-order valence-corrected chi connectivity index (χ3v) is 6.19. The highest BCUT2D eigenvalue weighted by atomic mass is 16.7. The van der Waals surface area contributed by atoms with Gasteiger partial charge in [-0.25, -0.2) is 14.8 Å². The van der Waals surface area contributed by atoms with Crippen LogP contribution in [0, 0.1) is 10.8 Å². The molecule has 2 heterocycles. The molecular formula is C27H34N4O3. The normalized spacial score (nSPS) is 14.3. The number of aromatic nitrogens is 4. The number of fused-ring (bicyclic) bond motifs is 2. The van der Waals surface area contributed by atoms with Gasteiger partial charge in [0.1, 0.15) is 12.2 Å². The number of nitrogens with zero attached hydrogens (tertiary/aromatic N) is 4. The molecule has 4 rings (SSSR count). The predicted octanol–water partition coefficient (Wildman–Crippen LogP) is 6.07. The lowest BCUT2D eigenvalue weighted by molar-refractivity contribution is -0.0633. The van der Waals surface area contributed by atoms with E-state index >= 15 is 0 Å². The number of carbonyl (C=O) groups is 1. The van der Waals surface area contributed by atoms with Crippen molar-refractivity contribution in [3.05, 3.63) is 61.2 Å². The maximum absolute atomic E-state index is 13.0. The Balaban J connectivity index is 1.50. The Bertz CT molecular complexity index is 1180. The zero-order valence-electron chi connectivity index (χ0n) is 20.9. The Morgan fingerprint density at radius 2 is 1.12 bits per heavy atom. The van der Waals surface area contributed by atoms with Crippen molar-refractivity contribution < 1.29 is 14.3 Å². The average Bonchev–Trinajstić information content (AvgIpc) is 3.36. The molecule has 7 nitrogen and oxygen atoms in total. The summed E-state index contributed by atoms with van der Waals surface area (Å²) in [6.45, 7) is 13.3. The Kier molecular flexibility index (Phi) is 6.39. The summed E-state index contributed by atoms with van der Waals surface area (Å²) in [4.78, 5) is 22.0. The van der Waals surface area contributed by atoms with Gasteiger partial charge in [0.25, 0.3) is 0 Å². The molecular weight excluding hydrogens is 428 g/mol. The first-order valence-corrected chi connectivity index (χ1v) is 11.7. The van der Waals surface area contributed by atoms with Crippen LogP contribution in [0.3, 0.4) is 0 Å².